The Balaban J connectivity index is 3.25. The molecule has 3 heteroatoms. The van der Waals surface area contributed by atoms with Crippen molar-refractivity contribution in [2.75, 3.05) is 13.2 Å². The van der Waals surface area contributed by atoms with Gasteiger partial charge in [-0.15, -0.1) is 0 Å². The molecule has 1 atom stereocenters. The number of hydrogen-bond acceptors (Lipinski definition) is 2. The molecule has 0 bridgehead atoms. The average molecular weight is 146 g/mol. The van der Waals surface area contributed by atoms with Crippen LogP contribution in [0.2, 0.25) is 0 Å². The SMILES string of the molecule is CCOCC(C)CC(=O)O. The van der Waals surface area contributed by atoms with Crippen molar-refractivity contribution in [3.8, 4) is 0 Å². The Morgan fingerprint density at radius 2 is 2.30 bits per heavy atom. The van der Waals surface area contributed by atoms with Crippen molar-refractivity contribution < 1.29 is 14.6 Å². The van der Waals surface area contributed by atoms with Crippen LogP contribution >= 0.6 is 0 Å². The van der Waals surface area contributed by atoms with Crippen molar-refractivity contribution in [3.05, 3.63) is 0 Å². The number of hydrogen-bond donors (Lipinski definition) is 1. The van der Waals surface area contributed by atoms with Crippen LogP contribution < -0.4 is 0 Å². The van der Waals surface area contributed by atoms with Gasteiger partial charge in [-0.2, -0.15) is 0 Å². The van der Waals surface area contributed by atoms with Crippen LogP contribution in [-0.4, -0.2) is 24.3 Å². The fraction of sp³-hybridized carbons (Fsp3) is 0.857. The van der Waals surface area contributed by atoms with E-state index in [1.165, 1.54) is 0 Å². The lowest BCUT2D eigenvalue weighted by Gasteiger charge is -2.06. The van der Waals surface area contributed by atoms with E-state index in [4.69, 9.17) is 9.84 Å². The molecule has 0 heterocycles. The topological polar surface area (TPSA) is 46.5 Å². The number of rotatable bonds is 5. The number of carbonyl (C=O) groups is 1. The van der Waals surface area contributed by atoms with Crippen LogP contribution in [0, 0.1) is 5.92 Å². The molecule has 0 amide bonds. The summed E-state index contributed by atoms with van der Waals surface area (Å²) < 4.78 is 5.03. The van der Waals surface area contributed by atoms with Crippen molar-refractivity contribution in [2.24, 2.45) is 5.92 Å². The maximum Gasteiger partial charge on any atom is 0.303 e. The van der Waals surface area contributed by atoms with E-state index in [0.29, 0.717) is 13.2 Å². The number of carboxylic acid groups (broad SMARTS) is 1. The third kappa shape index (κ3) is 5.56. The van der Waals surface area contributed by atoms with Gasteiger partial charge in [-0.3, -0.25) is 4.79 Å². The molecule has 0 aliphatic rings. The van der Waals surface area contributed by atoms with Crippen molar-refractivity contribution in [2.45, 2.75) is 20.3 Å². The zero-order valence-electron chi connectivity index (χ0n) is 6.46. The fourth-order valence-corrected chi connectivity index (χ4v) is 0.676. The third-order valence-corrected chi connectivity index (χ3v) is 1.13. The molecule has 0 rings (SSSR count). The van der Waals surface area contributed by atoms with Crippen molar-refractivity contribution >= 4 is 5.97 Å². The van der Waals surface area contributed by atoms with Gasteiger partial charge in [-0.05, 0) is 12.8 Å². The molecule has 0 fully saturated rings. The molecule has 0 saturated carbocycles. The maximum atomic E-state index is 10.1. The lowest BCUT2D eigenvalue weighted by molar-refractivity contribution is -0.138. The molecule has 10 heavy (non-hydrogen) atoms. The van der Waals surface area contributed by atoms with Gasteiger partial charge in [0.1, 0.15) is 0 Å². The highest BCUT2D eigenvalue weighted by Gasteiger charge is 2.06. The summed E-state index contributed by atoms with van der Waals surface area (Å²) in [6.45, 7) is 4.96. The molecule has 0 saturated heterocycles. The van der Waals surface area contributed by atoms with Gasteiger partial charge in [0.25, 0.3) is 0 Å². The van der Waals surface area contributed by atoms with Crippen LogP contribution in [0.15, 0.2) is 0 Å². The number of aliphatic carboxylic acids is 1. The molecule has 1 N–H and O–H groups in total. The highest BCUT2D eigenvalue weighted by Crippen LogP contribution is 2.01. The molecular weight excluding hydrogens is 132 g/mol. The number of ether oxygens (including phenoxy) is 1. The van der Waals surface area contributed by atoms with Crippen molar-refractivity contribution in [3.63, 3.8) is 0 Å². The second-order valence-corrected chi connectivity index (χ2v) is 2.36. The molecule has 0 spiro atoms. The van der Waals surface area contributed by atoms with Crippen LogP contribution in [0.25, 0.3) is 0 Å². The third-order valence-electron chi connectivity index (χ3n) is 1.13. The fourth-order valence-electron chi connectivity index (χ4n) is 0.676. The predicted octanol–water partition coefficient (Wildman–Crippen LogP) is 1.13. The summed E-state index contributed by atoms with van der Waals surface area (Å²) in [6, 6.07) is 0. The van der Waals surface area contributed by atoms with Gasteiger partial charge in [0.15, 0.2) is 0 Å². The Labute approximate surface area is 61.0 Å². The van der Waals surface area contributed by atoms with Gasteiger partial charge in [-0.1, -0.05) is 6.92 Å². The van der Waals surface area contributed by atoms with Gasteiger partial charge < -0.3 is 9.84 Å². The molecule has 0 radical (unpaired) electrons. The monoisotopic (exact) mass is 146 g/mol. The summed E-state index contributed by atoms with van der Waals surface area (Å²) in [5, 5.41) is 8.33. The van der Waals surface area contributed by atoms with Gasteiger partial charge in [0.2, 0.25) is 0 Å². The minimum absolute atomic E-state index is 0.123. The molecule has 3 nitrogen and oxygen atoms in total. The first-order chi connectivity index (χ1) is 4.66. The van der Waals surface area contributed by atoms with E-state index in [9.17, 15) is 4.79 Å². The van der Waals surface area contributed by atoms with Crippen LogP contribution in [0.5, 0.6) is 0 Å². The Kier molecular flexibility index (Phi) is 4.94. The first-order valence-electron chi connectivity index (χ1n) is 3.46. The number of carboxylic acids is 1. The largest absolute Gasteiger partial charge is 0.481 e. The molecular formula is C7H14O3. The molecule has 0 aromatic rings. The van der Waals surface area contributed by atoms with E-state index < -0.39 is 5.97 Å². The van der Waals surface area contributed by atoms with Gasteiger partial charge in [0, 0.05) is 13.2 Å². The summed E-state index contributed by atoms with van der Waals surface area (Å²) in [5.74, 6) is -0.635. The van der Waals surface area contributed by atoms with Crippen molar-refractivity contribution in [1.82, 2.24) is 0 Å². The summed E-state index contributed by atoms with van der Waals surface area (Å²) in [6.07, 6.45) is 0.194. The van der Waals surface area contributed by atoms with Crippen molar-refractivity contribution in [1.29, 1.82) is 0 Å². The van der Waals surface area contributed by atoms with Crippen LogP contribution in [0.1, 0.15) is 20.3 Å². The predicted molar refractivity (Wildman–Crippen MR) is 37.9 cm³/mol. The highest BCUT2D eigenvalue weighted by atomic mass is 16.5. The molecule has 0 aliphatic heterocycles. The minimum atomic E-state index is -0.757. The van der Waals surface area contributed by atoms with Crippen LogP contribution in [0.4, 0.5) is 0 Å². The standard InChI is InChI=1S/C7H14O3/c1-3-10-5-6(2)4-7(8)9/h6H,3-5H2,1-2H3,(H,8,9). The summed E-state index contributed by atoms with van der Waals surface area (Å²) in [5.41, 5.74) is 0. The van der Waals surface area contributed by atoms with Gasteiger partial charge in [0.05, 0.1) is 6.42 Å². The van der Waals surface area contributed by atoms with E-state index >= 15 is 0 Å². The first-order valence-corrected chi connectivity index (χ1v) is 3.46. The van der Waals surface area contributed by atoms with E-state index in [1.54, 1.807) is 0 Å². The van der Waals surface area contributed by atoms with E-state index in [0.717, 1.165) is 0 Å². The highest BCUT2D eigenvalue weighted by molar-refractivity contribution is 5.66. The lowest BCUT2D eigenvalue weighted by atomic mass is 10.1. The molecule has 1 unspecified atom stereocenters. The second kappa shape index (κ2) is 5.23. The molecule has 0 aromatic carbocycles. The summed E-state index contributed by atoms with van der Waals surface area (Å²) in [4.78, 5) is 10.1. The normalized spacial score (nSPS) is 13.0. The van der Waals surface area contributed by atoms with Gasteiger partial charge in [-0.25, -0.2) is 0 Å². The van der Waals surface area contributed by atoms with E-state index in [1.807, 2.05) is 13.8 Å². The Morgan fingerprint density at radius 1 is 1.70 bits per heavy atom. The average Bonchev–Trinajstić information content (AvgIpc) is 1.82. The molecule has 0 aromatic heterocycles. The van der Waals surface area contributed by atoms with E-state index in [-0.39, 0.29) is 12.3 Å². The molecule has 60 valence electrons. The summed E-state index contributed by atoms with van der Waals surface area (Å²) in [7, 11) is 0. The Hall–Kier alpha value is -0.570. The minimum Gasteiger partial charge on any atom is -0.481 e. The first kappa shape index (κ1) is 9.43. The zero-order valence-corrected chi connectivity index (χ0v) is 6.46. The Bertz CT molecular complexity index is 101. The maximum absolute atomic E-state index is 10.1. The van der Waals surface area contributed by atoms with Gasteiger partial charge >= 0.3 is 5.97 Å². The zero-order chi connectivity index (χ0) is 7.98. The van der Waals surface area contributed by atoms with Crippen LogP contribution in [-0.2, 0) is 9.53 Å². The molecule has 0 aliphatic carbocycles. The summed E-state index contributed by atoms with van der Waals surface area (Å²) >= 11 is 0. The Morgan fingerprint density at radius 3 is 2.70 bits per heavy atom. The van der Waals surface area contributed by atoms with E-state index in [2.05, 4.69) is 0 Å². The smallest absolute Gasteiger partial charge is 0.303 e. The lowest BCUT2D eigenvalue weighted by Crippen LogP contribution is -2.10. The quantitative estimate of drug-likeness (QED) is 0.632. The second-order valence-electron chi connectivity index (χ2n) is 2.36. The van der Waals surface area contributed by atoms with Crippen LogP contribution in [0.3, 0.4) is 0 Å².